The zero-order valence-electron chi connectivity index (χ0n) is 8.75. The fraction of sp³-hybridized carbons (Fsp3) is 0.462. The van der Waals surface area contributed by atoms with Gasteiger partial charge in [-0.05, 0) is 12.8 Å². The van der Waals surface area contributed by atoms with Crippen molar-refractivity contribution in [1.29, 1.82) is 0 Å². The van der Waals surface area contributed by atoms with Crippen LogP contribution in [0.25, 0.3) is 0 Å². The number of benzene rings is 1. The molecular weight excluding hydrogens is 234 g/mol. The molecule has 1 aromatic rings. The molecule has 1 nitrogen and oxygen atoms in total. The molecule has 15 heavy (non-hydrogen) atoms. The third kappa shape index (κ3) is 4.19. The number of nitrogens with zero attached hydrogens (tertiary/aromatic N) is 1. The normalized spacial score (nSPS) is 17.6. The topological polar surface area (TPSA) is 12.4 Å². The fourth-order valence-electron chi connectivity index (χ4n) is 1.90. The van der Waals surface area contributed by atoms with Crippen molar-refractivity contribution >= 4 is 6.21 Å². The van der Waals surface area contributed by atoms with Crippen molar-refractivity contribution < 1.29 is 17.1 Å². The van der Waals surface area contributed by atoms with Crippen molar-refractivity contribution in [2.45, 2.75) is 38.1 Å². The number of rotatable bonds is 2. The van der Waals surface area contributed by atoms with Gasteiger partial charge in [-0.1, -0.05) is 25.5 Å². The molecule has 0 heterocycles. The maximum absolute atomic E-state index is 4.60. The van der Waals surface area contributed by atoms with E-state index in [4.69, 9.17) is 0 Å². The van der Waals surface area contributed by atoms with E-state index in [-0.39, 0.29) is 17.1 Å². The van der Waals surface area contributed by atoms with Crippen molar-refractivity contribution in [3.05, 3.63) is 35.9 Å². The standard InChI is InChI=1S/C13H16N.Cu/c1-3-7-12(8-4-1)11-14-13-9-5-2-6-10-13;/h1,3-4,7,11,13H,2,5-6,9-10H2;/q-1;+1. The average Bonchev–Trinajstić information content (AvgIpc) is 2.29. The van der Waals surface area contributed by atoms with Crippen LogP contribution in [0.5, 0.6) is 0 Å². The Morgan fingerprint density at radius 2 is 2.00 bits per heavy atom. The second-order valence-corrected chi connectivity index (χ2v) is 3.89. The first kappa shape index (κ1) is 12.5. The summed E-state index contributed by atoms with van der Waals surface area (Å²) in [7, 11) is 0. The van der Waals surface area contributed by atoms with Gasteiger partial charge in [0.05, 0.1) is 0 Å². The Kier molecular flexibility index (Phi) is 5.67. The van der Waals surface area contributed by atoms with E-state index in [1.165, 1.54) is 32.1 Å². The molecule has 0 unspecified atom stereocenters. The molecule has 0 atom stereocenters. The van der Waals surface area contributed by atoms with Crippen LogP contribution in [0.15, 0.2) is 29.3 Å². The predicted molar refractivity (Wildman–Crippen MR) is 59.7 cm³/mol. The zero-order valence-corrected chi connectivity index (χ0v) is 9.69. The van der Waals surface area contributed by atoms with Crippen LogP contribution in [0.1, 0.15) is 37.7 Å². The molecule has 1 saturated carbocycles. The van der Waals surface area contributed by atoms with Gasteiger partial charge < -0.3 is 4.99 Å². The van der Waals surface area contributed by atoms with Gasteiger partial charge in [0, 0.05) is 6.04 Å². The molecule has 1 fully saturated rings. The molecule has 0 aromatic heterocycles. The van der Waals surface area contributed by atoms with Crippen molar-refractivity contribution in [1.82, 2.24) is 0 Å². The third-order valence-electron chi connectivity index (χ3n) is 2.73. The zero-order chi connectivity index (χ0) is 9.64. The first-order valence-corrected chi connectivity index (χ1v) is 5.45. The summed E-state index contributed by atoms with van der Waals surface area (Å²) in [6, 6.07) is 11.7. The molecule has 0 bridgehead atoms. The molecule has 1 aliphatic carbocycles. The minimum atomic E-state index is 0. The van der Waals surface area contributed by atoms with Gasteiger partial charge in [-0.15, -0.1) is 35.9 Å². The minimum Gasteiger partial charge on any atom is -0.337 e. The van der Waals surface area contributed by atoms with Crippen LogP contribution in [0.4, 0.5) is 0 Å². The molecule has 0 spiro atoms. The van der Waals surface area contributed by atoms with Gasteiger partial charge in [0.25, 0.3) is 0 Å². The molecule has 1 aromatic carbocycles. The van der Waals surface area contributed by atoms with Crippen LogP contribution < -0.4 is 0 Å². The van der Waals surface area contributed by atoms with Crippen molar-refractivity contribution in [2.24, 2.45) is 4.99 Å². The van der Waals surface area contributed by atoms with E-state index in [0.717, 1.165) is 5.56 Å². The average molecular weight is 250 g/mol. The molecule has 2 rings (SSSR count). The van der Waals surface area contributed by atoms with E-state index >= 15 is 0 Å². The summed E-state index contributed by atoms with van der Waals surface area (Å²) in [5, 5.41) is 0. The molecule has 0 saturated heterocycles. The van der Waals surface area contributed by atoms with E-state index in [1.54, 1.807) is 0 Å². The van der Waals surface area contributed by atoms with Gasteiger partial charge in [-0.2, -0.15) is 0 Å². The second kappa shape index (κ2) is 6.81. The van der Waals surface area contributed by atoms with E-state index in [1.807, 2.05) is 30.5 Å². The van der Waals surface area contributed by atoms with Crippen LogP contribution in [0.3, 0.4) is 0 Å². The Labute approximate surface area is 102 Å². The molecule has 2 heteroatoms. The maximum atomic E-state index is 4.60. The molecule has 0 aliphatic heterocycles. The van der Waals surface area contributed by atoms with E-state index in [2.05, 4.69) is 11.1 Å². The van der Waals surface area contributed by atoms with Crippen molar-refractivity contribution in [2.75, 3.05) is 0 Å². The molecule has 0 radical (unpaired) electrons. The summed E-state index contributed by atoms with van der Waals surface area (Å²) in [6.45, 7) is 0. The monoisotopic (exact) mass is 249 g/mol. The Hall–Kier alpha value is -0.591. The van der Waals surface area contributed by atoms with E-state index in [0.29, 0.717) is 6.04 Å². The summed E-state index contributed by atoms with van der Waals surface area (Å²) in [6.07, 6.45) is 8.59. The molecule has 0 N–H and O–H groups in total. The number of hydrogen-bond donors (Lipinski definition) is 0. The van der Waals surface area contributed by atoms with Gasteiger partial charge >= 0.3 is 17.1 Å². The van der Waals surface area contributed by atoms with Gasteiger partial charge in [-0.25, -0.2) is 0 Å². The van der Waals surface area contributed by atoms with Crippen LogP contribution in [-0.2, 0) is 17.1 Å². The minimum absolute atomic E-state index is 0. The summed E-state index contributed by atoms with van der Waals surface area (Å²) in [4.78, 5) is 4.60. The molecule has 0 amide bonds. The fourth-order valence-corrected chi connectivity index (χ4v) is 1.90. The van der Waals surface area contributed by atoms with E-state index < -0.39 is 0 Å². The molecule has 1 aliphatic rings. The van der Waals surface area contributed by atoms with E-state index in [9.17, 15) is 0 Å². The SMILES string of the molecule is [Cu+].[c-]1ccccc1C=NC1CCCCC1. The Bertz CT molecular complexity index is 289. The van der Waals surface area contributed by atoms with Crippen LogP contribution in [0.2, 0.25) is 0 Å². The molecular formula is C13H16CuN. The van der Waals surface area contributed by atoms with Crippen LogP contribution >= 0.6 is 0 Å². The number of hydrogen-bond acceptors (Lipinski definition) is 1. The Morgan fingerprint density at radius 1 is 1.20 bits per heavy atom. The predicted octanol–water partition coefficient (Wildman–Crippen LogP) is 3.24. The van der Waals surface area contributed by atoms with Crippen LogP contribution in [-0.4, -0.2) is 12.3 Å². The summed E-state index contributed by atoms with van der Waals surface area (Å²) in [5.74, 6) is 0. The van der Waals surface area contributed by atoms with Gasteiger partial charge in [-0.3, -0.25) is 0 Å². The second-order valence-electron chi connectivity index (χ2n) is 3.89. The third-order valence-corrected chi connectivity index (χ3v) is 2.73. The summed E-state index contributed by atoms with van der Waals surface area (Å²) >= 11 is 0. The number of aliphatic imine (C=N–C) groups is 1. The first-order valence-electron chi connectivity index (χ1n) is 5.45. The van der Waals surface area contributed by atoms with Crippen molar-refractivity contribution in [3.63, 3.8) is 0 Å². The maximum Gasteiger partial charge on any atom is 1.00 e. The van der Waals surface area contributed by atoms with Gasteiger partial charge in [0.2, 0.25) is 0 Å². The first-order chi connectivity index (χ1) is 6.95. The van der Waals surface area contributed by atoms with Gasteiger partial charge in [0.1, 0.15) is 0 Å². The largest absolute Gasteiger partial charge is 1.00 e. The van der Waals surface area contributed by atoms with Gasteiger partial charge in [0.15, 0.2) is 0 Å². The summed E-state index contributed by atoms with van der Waals surface area (Å²) < 4.78 is 0. The van der Waals surface area contributed by atoms with Crippen LogP contribution in [0, 0.1) is 6.07 Å². The summed E-state index contributed by atoms with van der Waals surface area (Å²) in [5.41, 5.74) is 1.10. The Balaban J connectivity index is 0.00000112. The smallest absolute Gasteiger partial charge is 0.337 e. The molecule has 84 valence electrons. The van der Waals surface area contributed by atoms with Crippen molar-refractivity contribution in [3.8, 4) is 0 Å². The quantitative estimate of drug-likeness (QED) is 0.434. The Morgan fingerprint density at radius 3 is 2.67 bits per heavy atom.